The van der Waals surface area contributed by atoms with Gasteiger partial charge in [0.2, 0.25) is 0 Å². The van der Waals surface area contributed by atoms with Crippen LogP contribution in [-0.4, -0.2) is 23.1 Å². The van der Waals surface area contributed by atoms with Crippen molar-refractivity contribution < 1.29 is 23.6 Å². The summed E-state index contributed by atoms with van der Waals surface area (Å²) in [6.07, 6.45) is 2.47. The van der Waals surface area contributed by atoms with Crippen LogP contribution in [0.2, 0.25) is 0 Å². The molecule has 0 aliphatic carbocycles. The highest BCUT2D eigenvalue weighted by Crippen LogP contribution is 2.20. The topological polar surface area (TPSA) is 68.3 Å². The van der Waals surface area contributed by atoms with Crippen LogP contribution in [0.3, 0.4) is 0 Å². The van der Waals surface area contributed by atoms with Gasteiger partial charge in [-0.1, -0.05) is 33.8 Å². The molecule has 0 bridgehead atoms. The minimum absolute atomic E-state index is 0.0364. The molecule has 4 nitrogen and oxygen atoms in total. The molecule has 0 aliphatic rings. The third-order valence-electron chi connectivity index (χ3n) is 3.61. The average Bonchev–Trinajstić information content (AvgIpc) is 2.53. The molecule has 6 heteroatoms. The van der Waals surface area contributed by atoms with Crippen molar-refractivity contribution in [2.45, 2.75) is 60.8 Å². The summed E-state index contributed by atoms with van der Waals surface area (Å²) in [4.78, 5) is 44.8. The Balaban J connectivity index is 0.000000665. The van der Waals surface area contributed by atoms with E-state index in [1.54, 1.807) is 6.07 Å². The lowest BCUT2D eigenvalue weighted by Crippen LogP contribution is -2.12. The predicted octanol–water partition coefficient (Wildman–Crippen LogP) is 5.76. The van der Waals surface area contributed by atoms with Crippen molar-refractivity contribution in [3.8, 4) is 0 Å². The van der Waals surface area contributed by atoms with Gasteiger partial charge in [0.15, 0.2) is 11.6 Å². The quantitative estimate of drug-likeness (QED) is 0.262. The minimum atomic E-state index is -0.380. The third-order valence-corrected chi connectivity index (χ3v) is 4.22. The fourth-order valence-corrected chi connectivity index (χ4v) is 2.83. The van der Waals surface area contributed by atoms with Crippen molar-refractivity contribution in [1.82, 2.24) is 0 Å². The molecular weight excluding hydrogens is 439 g/mol. The smallest absolute Gasteiger partial charge is 0.166 e. The van der Waals surface area contributed by atoms with E-state index in [-0.39, 0.29) is 46.9 Å². The van der Waals surface area contributed by atoms with Crippen LogP contribution in [0.5, 0.6) is 0 Å². The number of ketones is 4. The van der Waals surface area contributed by atoms with Crippen LogP contribution in [0.1, 0.15) is 66.4 Å². The highest BCUT2D eigenvalue weighted by Gasteiger charge is 2.16. The van der Waals surface area contributed by atoms with Crippen molar-refractivity contribution in [1.29, 1.82) is 0 Å². The van der Waals surface area contributed by atoms with E-state index in [2.05, 4.69) is 15.9 Å². The molecule has 0 unspecified atom stereocenters. The van der Waals surface area contributed by atoms with Gasteiger partial charge in [0, 0.05) is 12.8 Å². The van der Waals surface area contributed by atoms with Crippen LogP contribution in [0.15, 0.2) is 28.2 Å². The summed E-state index contributed by atoms with van der Waals surface area (Å²) in [5.41, 5.74) is 0.780. The van der Waals surface area contributed by atoms with Gasteiger partial charge in [-0.05, 0) is 65.4 Å². The van der Waals surface area contributed by atoms with Gasteiger partial charge in [-0.2, -0.15) is 0 Å². The van der Waals surface area contributed by atoms with Crippen LogP contribution in [0.4, 0.5) is 4.39 Å². The van der Waals surface area contributed by atoms with Crippen molar-refractivity contribution >= 4 is 45.1 Å². The molecule has 0 amide bonds. The van der Waals surface area contributed by atoms with Crippen LogP contribution < -0.4 is 0 Å². The molecule has 1 aromatic carbocycles. The zero-order chi connectivity index (χ0) is 22.7. The fourth-order valence-electron chi connectivity index (χ4n) is 2.43. The zero-order valence-electron chi connectivity index (χ0n) is 18.0. The van der Waals surface area contributed by atoms with Crippen molar-refractivity contribution in [2.75, 3.05) is 0 Å². The Kier molecular flexibility index (Phi) is 12.4. The van der Waals surface area contributed by atoms with Crippen LogP contribution in [0.25, 0.3) is 6.08 Å². The first kappa shape index (κ1) is 27.0. The maximum Gasteiger partial charge on any atom is 0.166 e. The normalized spacial score (nSPS) is 11.2. The molecular formula is C23H30BrFO4. The lowest BCUT2D eigenvalue weighted by atomic mass is 9.97. The number of hydrogen-bond acceptors (Lipinski definition) is 4. The molecule has 160 valence electrons. The first-order valence-electron chi connectivity index (χ1n) is 9.55. The SMILES string of the molecule is CC(=O)/C(=C\c1ccc(F)c(Br)c1)C(=O)CC(C)C.CC(=O)CC(=O)CC(C)C. The minimum Gasteiger partial charge on any atom is -0.300 e. The Morgan fingerprint density at radius 2 is 1.55 bits per heavy atom. The largest absolute Gasteiger partial charge is 0.300 e. The summed E-state index contributed by atoms with van der Waals surface area (Å²) in [6.45, 7) is 10.6. The second-order valence-corrected chi connectivity index (χ2v) is 8.68. The first-order chi connectivity index (χ1) is 13.3. The fraction of sp³-hybridized carbons (Fsp3) is 0.478. The van der Waals surface area contributed by atoms with E-state index in [1.165, 1.54) is 32.1 Å². The maximum absolute atomic E-state index is 13.1. The van der Waals surface area contributed by atoms with Crippen molar-refractivity contribution in [2.24, 2.45) is 11.8 Å². The van der Waals surface area contributed by atoms with Crippen LogP contribution in [-0.2, 0) is 19.2 Å². The van der Waals surface area contributed by atoms with E-state index in [0.717, 1.165) is 0 Å². The number of hydrogen-bond donors (Lipinski definition) is 0. The number of carbonyl (C=O) groups is 4. The van der Waals surface area contributed by atoms with Gasteiger partial charge in [0.1, 0.15) is 17.4 Å². The van der Waals surface area contributed by atoms with E-state index < -0.39 is 0 Å². The van der Waals surface area contributed by atoms with Crippen molar-refractivity contribution in [3.05, 3.63) is 39.6 Å². The van der Waals surface area contributed by atoms with E-state index in [4.69, 9.17) is 0 Å². The predicted molar refractivity (Wildman–Crippen MR) is 117 cm³/mol. The Bertz CT molecular complexity index is 779. The lowest BCUT2D eigenvalue weighted by Gasteiger charge is -2.06. The van der Waals surface area contributed by atoms with E-state index >= 15 is 0 Å². The number of benzene rings is 1. The van der Waals surface area contributed by atoms with Crippen LogP contribution >= 0.6 is 15.9 Å². The Morgan fingerprint density at radius 1 is 1.00 bits per heavy atom. The van der Waals surface area contributed by atoms with Gasteiger partial charge >= 0.3 is 0 Å². The maximum atomic E-state index is 13.1. The summed E-state index contributed by atoms with van der Waals surface area (Å²) in [5.74, 6) is -0.251. The molecule has 0 N–H and O–H groups in total. The Morgan fingerprint density at radius 3 is 1.97 bits per heavy atom. The summed E-state index contributed by atoms with van der Waals surface area (Å²) in [5, 5.41) is 0. The van der Waals surface area contributed by atoms with E-state index in [0.29, 0.717) is 28.8 Å². The molecule has 0 fully saturated rings. The molecule has 1 rings (SSSR count). The van der Waals surface area contributed by atoms with Gasteiger partial charge in [0.05, 0.1) is 16.5 Å². The second-order valence-electron chi connectivity index (χ2n) is 7.82. The second kappa shape index (κ2) is 13.3. The highest BCUT2D eigenvalue weighted by molar-refractivity contribution is 9.10. The number of Topliss-reactive ketones (excluding diaryl/α,β-unsaturated/α-hetero) is 4. The lowest BCUT2D eigenvalue weighted by molar-refractivity contribution is -0.126. The Labute approximate surface area is 181 Å². The van der Waals surface area contributed by atoms with E-state index in [9.17, 15) is 23.6 Å². The van der Waals surface area contributed by atoms with Gasteiger partial charge in [-0.25, -0.2) is 4.39 Å². The van der Waals surface area contributed by atoms with Gasteiger partial charge in [0.25, 0.3) is 0 Å². The monoisotopic (exact) mass is 468 g/mol. The number of rotatable bonds is 9. The number of allylic oxidation sites excluding steroid dienone is 1. The van der Waals surface area contributed by atoms with Crippen LogP contribution in [0, 0.1) is 17.7 Å². The average molecular weight is 469 g/mol. The zero-order valence-corrected chi connectivity index (χ0v) is 19.6. The van der Waals surface area contributed by atoms with Gasteiger partial charge < -0.3 is 0 Å². The molecule has 29 heavy (non-hydrogen) atoms. The van der Waals surface area contributed by atoms with Gasteiger partial charge in [-0.3, -0.25) is 19.2 Å². The number of halogens is 2. The molecule has 0 aromatic heterocycles. The standard InChI is InChI=1S/C15H16BrFO2.C8H14O2/c1-9(2)6-15(19)12(10(3)18)7-11-4-5-14(17)13(16)8-11;1-6(2)4-8(10)5-7(3)9/h4-5,7-9H,6H2,1-3H3;6H,4-5H2,1-3H3/b12-7+;. The van der Waals surface area contributed by atoms with Gasteiger partial charge in [-0.15, -0.1) is 0 Å². The third kappa shape index (κ3) is 12.3. The molecule has 1 aromatic rings. The molecule has 0 radical (unpaired) electrons. The highest BCUT2D eigenvalue weighted by atomic mass is 79.9. The first-order valence-corrected chi connectivity index (χ1v) is 10.3. The summed E-state index contributed by atoms with van der Waals surface area (Å²) in [6, 6.07) is 4.37. The molecule has 0 saturated carbocycles. The Hall–Kier alpha value is -1.95. The molecule has 0 atom stereocenters. The van der Waals surface area contributed by atoms with E-state index in [1.807, 2.05) is 27.7 Å². The number of carbonyl (C=O) groups excluding carboxylic acids is 4. The van der Waals surface area contributed by atoms with Crippen molar-refractivity contribution in [3.63, 3.8) is 0 Å². The summed E-state index contributed by atoms with van der Waals surface area (Å²) < 4.78 is 13.4. The molecule has 0 heterocycles. The molecule has 0 saturated heterocycles. The summed E-state index contributed by atoms with van der Waals surface area (Å²) in [7, 11) is 0. The molecule has 0 spiro atoms. The summed E-state index contributed by atoms with van der Waals surface area (Å²) >= 11 is 3.08. The molecule has 0 aliphatic heterocycles.